The highest BCUT2D eigenvalue weighted by molar-refractivity contribution is 5.88. The number of aryl methyl sites for hydroxylation is 1. The molecule has 3 aromatic carbocycles. The molecule has 0 unspecified atom stereocenters. The Morgan fingerprint density at radius 1 is 1.02 bits per heavy atom. The van der Waals surface area contributed by atoms with E-state index in [1.165, 1.54) is 12.1 Å². The Morgan fingerprint density at radius 2 is 1.77 bits per heavy atom. The number of ether oxygens (including phenoxy) is 4. The Kier molecular flexibility index (Phi) is 7.72. The van der Waals surface area contributed by atoms with E-state index >= 15 is 0 Å². The standard InChI is InChI=1S/C32H35FN2O5/c1-20-6-7-22(33)16-28(20)39-19-26-24(10-11-27-30(26)21(2)18-32(3,4)34-27)25-9-8-23(17-29(25)37-5)40-31(36)35-12-14-38-15-13-35/h6-11,16-18,34H,12-15,19H2,1-5H3. The summed E-state index contributed by atoms with van der Waals surface area (Å²) in [6.45, 7) is 10.4. The van der Waals surface area contributed by atoms with Crippen LogP contribution in [0, 0.1) is 12.7 Å². The molecule has 5 rings (SSSR count). The monoisotopic (exact) mass is 546 g/mol. The van der Waals surface area contributed by atoms with Gasteiger partial charge < -0.3 is 29.2 Å². The van der Waals surface area contributed by atoms with E-state index in [1.807, 2.05) is 19.1 Å². The van der Waals surface area contributed by atoms with E-state index in [0.29, 0.717) is 43.6 Å². The van der Waals surface area contributed by atoms with Crippen LogP contribution in [0.2, 0.25) is 0 Å². The average molecular weight is 547 g/mol. The highest BCUT2D eigenvalue weighted by Crippen LogP contribution is 2.43. The summed E-state index contributed by atoms with van der Waals surface area (Å²) in [7, 11) is 1.59. The number of methoxy groups -OCH3 is 1. The predicted octanol–water partition coefficient (Wildman–Crippen LogP) is 6.83. The maximum atomic E-state index is 14.0. The molecule has 2 heterocycles. The van der Waals surface area contributed by atoms with Gasteiger partial charge in [0.2, 0.25) is 0 Å². The van der Waals surface area contributed by atoms with Gasteiger partial charge in [0, 0.05) is 47.6 Å². The number of halogens is 1. The van der Waals surface area contributed by atoms with Crippen LogP contribution in [-0.2, 0) is 11.3 Å². The second-order valence-corrected chi connectivity index (χ2v) is 10.7. The summed E-state index contributed by atoms with van der Waals surface area (Å²) in [5.41, 5.74) is 6.46. The third-order valence-corrected chi connectivity index (χ3v) is 7.20. The Bertz CT molecular complexity index is 1460. The molecule has 0 atom stereocenters. The van der Waals surface area contributed by atoms with Crippen molar-refractivity contribution in [3.05, 3.63) is 77.1 Å². The van der Waals surface area contributed by atoms with Crippen LogP contribution in [0.4, 0.5) is 14.9 Å². The molecule has 40 heavy (non-hydrogen) atoms. The van der Waals surface area contributed by atoms with Crippen LogP contribution in [0.5, 0.6) is 17.2 Å². The molecule has 0 radical (unpaired) electrons. The van der Waals surface area contributed by atoms with E-state index in [0.717, 1.165) is 39.1 Å². The van der Waals surface area contributed by atoms with Gasteiger partial charge in [0.25, 0.3) is 0 Å². The van der Waals surface area contributed by atoms with Crippen LogP contribution in [-0.4, -0.2) is 49.9 Å². The van der Waals surface area contributed by atoms with Crippen molar-refractivity contribution in [3.63, 3.8) is 0 Å². The summed E-state index contributed by atoms with van der Waals surface area (Å²) in [5.74, 6) is 1.09. The summed E-state index contributed by atoms with van der Waals surface area (Å²) in [4.78, 5) is 14.3. The van der Waals surface area contributed by atoms with Gasteiger partial charge in [-0.1, -0.05) is 18.2 Å². The maximum Gasteiger partial charge on any atom is 0.415 e. The van der Waals surface area contributed by atoms with Crippen LogP contribution in [0.1, 0.15) is 37.5 Å². The van der Waals surface area contributed by atoms with Crippen molar-refractivity contribution in [3.8, 4) is 28.4 Å². The number of hydrogen-bond acceptors (Lipinski definition) is 6. The van der Waals surface area contributed by atoms with Crippen molar-refractivity contribution >= 4 is 17.4 Å². The van der Waals surface area contributed by atoms with Gasteiger partial charge in [-0.25, -0.2) is 9.18 Å². The maximum absolute atomic E-state index is 14.0. The highest BCUT2D eigenvalue weighted by Gasteiger charge is 2.27. The van der Waals surface area contributed by atoms with Gasteiger partial charge >= 0.3 is 6.09 Å². The number of rotatable bonds is 6. The van der Waals surface area contributed by atoms with Crippen LogP contribution < -0.4 is 19.5 Å². The summed E-state index contributed by atoms with van der Waals surface area (Å²) < 4.78 is 37.0. The molecule has 1 amide bonds. The molecule has 210 valence electrons. The minimum absolute atomic E-state index is 0.209. The van der Waals surface area contributed by atoms with E-state index < -0.39 is 6.09 Å². The van der Waals surface area contributed by atoms with E-state index in [1.54, 1.807) is 30.2 Å². The molecular weight excluding hydrogens is 511 g/mol. The summed E-state index contributed by atoms with van der Waals surface area (Å²) >= 11 is 0. The first-order valence-corrected chi connectivity index (χ1v) is 13.4. The van der Waals surface area contributed by atoms with Crippen molar-refractivity contribution in [1.29, 1.82) is 0 Å². The molecule has 1 N–H and O–H groups in total. The van der Waals surface area contributed by atoms with Crippen LogP contribution >= 0.6 is 0 Å². The van der Waals surface area contributed by atoms with Crippen LogP contribution in [0.3, 0.4) is 0 Å². The summed E-state index contributed by atoms with van der Waals surface area (Å²) in [6, 6.07) is 14.0. The molecule has 0 saturated carbocycles. The molecule has 0 aliphatic carbocycles. The van der Waals surface area contributed by atoms with Crippen LogP contribution in [0.15, 0.2) is 54.6 Å². The second-order valence-electron chi connectivity index (χ2n) is 10.7. The quantitative estimate of drug-likeness (QED) is 0.366. The molecule has 2 aliphatic heterocycles. The van der Waals surface area contributed by atoms with E-state index in [2.05, 4.69) is 38.2 Å². The number of nitrogens with zero attached hydrogens (tertiary/aromatic N) is 1. The zero-order valence-corrected chi connectivity index (χ0v) is 23.6. The summed E-state index contributed by atoms with van der Waals surface area (Å²) in [6.07, 6.45) is 1.78. The minimum atomic E-state index is -0.416. The topological polar surface area (TPSA) is 69.3 Å². The van der Waals surface area contributed by atoms with Crippen LogP contribution in [0.25, 0.3) is 16.7 Å². The number of anilines is 1. The van der Waals surface area contributed by atoms with Gasteiger partial charge in [-0.15, -0.1) is 0 Å². The zero-order chi connectivity index (χ0) is 28.4. The fourth-order valence-electron chi connectivity index (χ4n) is 5.35. The highest BCUT2D eigenvalue weighted by atomic mass is 19.1. The SMILES string of the molecule is COc1cc(OC(=O)N2CCOCC2)ccc1-c1ccc2c(c1COc1cc(F)ccc1C)C(C)=CC(C)(C)N2. The molecule has 0 aromatic heterocycles. The largest absolute Gasteiger partial charge is 0.496 e. The lowest BCUT2D eigenvalue weighted by Gasteiger charge is -2.33. The number of fused-ring (bicyclic) bond motifs is 1. The number of allylic oxidation sites excluding steroid dienone is 1. The lowest BCUT2D eigenvalue weighted by atomic mass is 9.85. The third kappa shape index (κ3) is 5.77. The number of morpholine rings is 1. The fourth-order valence-corrected chi connectivity index (χ4v) is 5.35. The molecule has 8 heteroatoms. The van der Waals surface area contributed by atoms with Gasteiger partial charge in [0.15, 0.2) is 0 Å². The number of amides is 1. The van der Waals surface area contributed by atoms with Gasteiger partial charge in [-0.3, -0.25) is 0 Å². The third-order valence-electron chi connectivity index (χ3n) is 7.20. The normalized spacial score (nSPS) is 15.9. The smallest absolute Gasteiger partial charge is 0.415 e. The first-order valence-electron chi connectivity index (χ1n) is 13.4. The molecule has 7 nitrogen and oxygen atoms in total. The second kappa shape index (κ2) is 11.2. The molecule has 3 aromatic rings. The number of carbonyl (C=O) groups is 1. The Morgan fingerprint density at radius 3 is 2.52 bits per heavy atom. The first-order chi connectivity index (χ1) is 19.1. The van der Waals surface area contributed by atoms with E-state index in [4.69, 9.17) is 18.9 Å². The van der Waals surface area contributed by atoms with Gasteiger partial charge in [-0.2, -0.15) is 0 Å². The van der Waals surface area contributed by atoms with Crippen molar-refractivity contribution in [2.75, 3.05) is 38.7 Å². The summed E-state index contributed by atoms with van der Waals surface area (Å²) in [5, 5.41) is 3.60. The van der Waals surface area contributed by atoms with E-state index in [-0.39, 0.29) is 18.0 Å². The van der Waals surface area contributed by atoms with Gasteiger partial charge in [0.05, 0.1) is 25.9 Å². The number of carbonyl (C=O) groups excluding carboxylic acids is 1. The Hall–Kier alpha value is -4.04. The molecular formula is C32H35FN2O5. The Labute approximate surface area is 234 Å². The minimum Gasteiger partial charge on any atom is -0.496 e. The lowest BCUT2D eigenvalue weighted by Crippen LogP contribution is -2.42. The van der Waals surface area contributed by atoms with Crippen molar-refractivity contribution in [2.24, 2.45) is 0 Å². The van der Waals surface area contributed by atoms with Gasteiger partial charge in [-0.05, 0) is 68.7 Å². The number of nitrogens with one attached hydrogen (secondary N) is 1. The Balaban J connectivity index is 1.53. The van der Waals surface area contributed by atoms with Crippen molar-refractivity contribution < 1.29 is 28.1 Å². The molecule has 1 fully saturated rings. The zero-order valence-electron chi connectivity index (χ0n) is 23.6. The van der Waals surface area contributed by atoms with Crippen molar-refractivity contribution in [2.45, 2.75) is 39.8 Å². The predicted molar refractivity (Wildman–Crippen MR) is 154 cm³/mol. The molecule has 0 spiro atoms. The van der Waals surface area contributed by atoms with E-state index in [9.17, 15) is 9.18 Å². The number of hydrogen-bond donors (Lipinski definition) is 1. The molecule has 2 aliphatic rings. The number of benzene rings is 3. The lowest BCUT2D eigenvalue weighted by molar-refractivity contribution is 0.0416. The fraction of sp³-hybridized carbons (Fsp3) is 0.344. The first kappa shape index (κ1) is 27.5. The average Bonchev–Trinajstić information content (AvgIpc) is 2.93. The molecule has 0 bridgehead atoms. The van der Waals surface area contributed by atoms with Crippen molar-refractivity contribution in [1.82, 2.24) is 4.90 Å². The molecule has 1 saturated heterocycles. The van der Waals surface area contributed by atoms with Gasteiger partial charge in [0.1, 0.15) is 29.7 Å².